The lowest BCUT2D eigenvalue weighted by Gasteiger charge is -2.31. The quantitative estimate of drug-likeness (QED) is 0.658. The van der Waals surface area contributed by atoms with Crippen LogP contribution in [-0.4, -0.2) is 68.0 Å². The molecule has 8 heteroatoms. The van der Waals surface area contributed by atoms with Crippen LogP contribution in [0.15, 0.2) is 0 Å². The average Bonchev–Trinajstić information content (AvgIpc) is 2.83. The van der Waals surface area contributed by atoms with E-state index in [1.165, 1.54) is 16.3 Å². The summed E-state index contributed by atoms with van der Waals surface area (Å²) in [7, 11) is -2.17. The smallest absolute Gasteiger partial charge is 0.325 e. The minimum atomic E-state index is -3.42. The van der Waals surface area contributed by atoms with Crippen LogP contribution in [0, 0.1) is 0 Å². The summed E-state index contributed by atoms with van der Waals surface area (Å²) in [6.45, 7) is 3.74. The molecule has 1 atom stereocenters. The maximum Gasteiger partial charge on any atom is 0.325 e. The Hall–Kier alpha value is -1.15. The van der Waals surface area contributed by atoms with E-state index in [0.717, 1.165) is 6.26 Å². The van der Waals surface area contributed by atoms with Crippen molar-refractivity contribution in [2.75, 3.05) is 26.5 Å². The van der Waals surface area contributed by atoms with Crippen molar-refractivity contribution in [1.29, 1.82) is 0 Å². The van der Waals surface area contributed by atoms with Gasteiger partial charge in [-0.3, -0.25) is 9.59 Å². The minimum Gasteiger partial charge on any atom is -0.468 e. The van der Waals surface area contributed by atoms with Crippen LogP contribution in [0.5, 0.6) is 0 Å². The first kappa shape index (κ1) is 16.9. The number of carbonyl (C=O) groups is 2. The van der Waals surface area contributed by atoms with Gasteiger partial charge in [0.15, 0.2) is 0 Å². The number of ether oxygens (including phenoxy) is 1. The summed E-state index contributed by atoms with van der Waals surface area (Å²) in [6, 6.07) is -0.916. The standard InChI is InChI=1S/C12H22N2O5S/c1-9(2)13(8-11(15)19-3)12(16)10-6-5-7-14(10)20(4,17)18/h9-10H,5-8H2,1-4H3. The SMILES string of the molecule is COC(=O)CN(C(=O)C1CCCN1S(C)(=O)=O)C(C)C. The van der Waals surface area contributed by atoms with Crippen LogP contribution in [0.3, 0.4) is 0 Å². The van der Waals surface area contributed by atoms with Crippen molar-refractivity contribution in [2.45, 2.75) is 38.8 Å². The molecule has 1 unspecified atom stereocenters. The maximum absolute atomic E-state index is 12.5. The summed E-state index contributed by atoms with van der Waals surface area (Å²) < 4.78 is 29.1. The molecule has 1 heterocycles. The summed E-state index contributed by atoms with van der Waals surface area (Å²) in [4.78, 5) is 25.2. The van der Waals surface area contributed by atoms with Crippen LogP contribution < -0.4 is 0 Å². The van der Waals surface area contributed by atoms with Gasteiger partial charge in [0.1, 0.15) is 12.6 Å². The van der Waals surface area contributed by atoms with Gasteiger partial charge < -0.3 is 9.64 Å². The number of carbonyl (C=O) groups excluding carboxylic acids is 2. The third-order valence-electron chi connectivity index (χ3n) is 3.35. The second kappa shape index (κ2) is 6.53. The highest BCUT2D eigenvalue weighted by Gasteiger charge is 2.39. The maximum atomic E-state index is 12.5. The summed E-state index contributed by atoms with van der Waals surface area (Å²) in [5, 5.41) is 0. The van der Waals surface area contributed by atoms with Crippen LogP contribution in [0.25, 0.3) is 0 Å². The highest BCUT2D eigenvalue weighted by molar-refractivity contribution is 7.88. The lowest BCUT2D eigenvalue weighted by atomic mass is 10.1. The van der Waals surface area contributed by atoms with Gasteiger partial charge >= 0.3 is 5.97 Å². The largest absolute Gasteiger partial charge is 0.468 e. The van der Waals surface area contributed by atoms with Crippen molar-refractivity contribution in [3.8, 4) is 0 Å². The van der Waals surface area contributed by atoms with E-state index >= 15 is 0 Å². The summed E-state index contributed by atoms with van der Waals surface area (Å²) in [5.41, 5.74) is 0. The number of rotatable bonds is 5. The highest BCUT2D eigenvalue weighted by Crippen LogP contribution is 2.22. The molecule has 1 fully saturated rings. The molecule has 116 valence electrons. The predicted molar refractivity (Wildman–Crippen MR) is 73.4 cm³/mol. The molecule has 1 aliphatic heterocycles. The third-order valence-corrected chi connectivity index (χ3v) is 4.64. The molecule has 20 heavy (non-hydrogen) atoms. The van der Waals surface area contributed by atoms with Gasteiger partial charge in [-0.25, -0.2) is 8.42 Å². The number of amides is 1. The third kappa shape index (κ3) is 3.92. The van der Waals surface area contributed by atoms with Crippen LogP contribution in [-0.2, 0) is 24.3 Å². The van der Waals surface area contributed by atoms with E-state index in [-0.39, 0.29) is 18.5 Å². The molecule has 1 amide bonds. The van der Waals surface area contributed by atoms with Crippen molar-refractivity contribution in [3.63, 3.8) is 0 Å². The second-order valence-corrected chi connectivity index (χ2v) is 7.10. The molecule has 0 radical (unpaired) electrons. The van der Waals surface area contributed by atoms with E-state index in [4.69, 9.17) is 0 Å². The van der Waals surface area contributed by atoms with Gasteiger partial charge in [0.25, 0.3) is 0 Å². The summed E-state index contributed by atoms with van der Waals surface area (Å²) >= 11 is 0. The van der Waals surface area contributed by atoms with Gasteiger partial charge in [-0.1, -0.05) is 0 Å². The normalized spacial score (nSPS) is 20.1. The number of hydrogen-bond acceptors (Lipinski definition) is 5. The Morgan fingerprint density at radius 1 is 1.40 bits per heavy atom. The molecule has 0 spiro atoms. The zero-order valence-corrected chi connectivity index (χ0v) is 13.1. The van der Waals surface area contributed by atoms with Gasteiger partial charge in [0.2, 0.25) is 15.9 Å². The van der Waals surface area contributed by atoms with Crippen LogP contribution in [0.4, 0.5) is 0 Å². The summed E-state index contributed by atoms with van der Waals surface area (Å²) in [5.74, 6) is -0.857. The number of hydrogen-bond donors (Lipinski definition) is 0. The molecule has 0 aliphatic carbocycles. The molecular formula is C12H22N2O5S. The number of esters is 1. The average molecular weight is 306 g/mol. The Labute approximate surface area is 119 Å². The van der Waals surface area contributed by atoms with Gasteiger partial charge in [-0.05, 0) is 26.7 Å². The number of nitrogens with zero attached hydrogens (tertiary/aromatic N) is 2. The molecular weight excluding hydrogens is 284 g/mol. The molecule has 0 N–H and O–H groups in total. The first-order valence-electron chi connectivity index (χ1n) is 6.52. The van der Waals surface area contributed by atoms with Crippen molar-refractivity contribution in [3.05, 3.63) is 0 Å². The Balaban J connectivity index is 2.92. The van der Waals surface area contributed by atoms with Crippen LogP contribution in [0.1, 0.15) is 26.7 Å². The monoisotopic (exact) mass is 306 g/mol. The molecule has 0 saturated carbocycles. The fourth-order valence-corrected chi connectivity index (χ4v) is 3.41. The fraction of sp³-hybridized carbons (Fsp3) is 0.833. The number of methoxy groups -OCH3 is 1. The van der Waals surface area contributed by atoms with Gasteiger partial charge in [0.05, 0.1) is 13.4 Å². The van der Waals surface area contributed by atoms with E-state index in [2.05, 4.69) is 4.74 Å². The molecule has 0 aromatic rings. The van der Waals surface area contributed by atoms with Crippen LogP contribution >= 0.6 is 0 Å². The van der Waals surface area contributed by atoms with Crippen molar-refractivity contribution in [2.24, 2.45) is 0 Å². The van der Waals surface area contributed by atoms with Crippen molar-refractivity contribution in [1.82, 2.24) is 9.21 Å². The molecule has 1 aliphatic rings. The Kier molecular flexibility index (Phi) is 5.52. The van der Waals surface area contributed by atoms with E-state index in [0.29, 0.717) is 19.4 Å². The molecule has 1 saturated heterocycles. The van der Waals surface area contributed by atoms with Gasteiger partial charge in [-0.15, -0.1) is 0 Å². The Morgan fingerprint density at radius 3 is 2.45 bits per heavy atom. The van der Waals surface area contributed by atoms with Crippen LogP contribution in [0.2, 0.25) is 0 Å². The first-order valence-corrected chi connectivity index (χ1v) is 8.37. The topological polar surface area (TPSA) is 84.0 Å². The summed E-state index contributed by atoms with van der Waals surface area (Å²) in [6.07, 6.45) is 2.22. The zero-order chi connectivity index (χ0) is 15.5. The first-order chi connectivity index (χ1) is 9.18. The Bertz CT molecular complexity index is 474. The molecule has 0 aromatic carbocycles. The lowest BCUT2D eigenvalue weighted by Crippen LogP contribution is -2.51. The van der Waals surface area contributed by atoms with E-state index in [1.807, 2.05) is 0 Å². The molecule has 0 aromatic heterocycles. The van der Waals surface area contributed by atoms with Crippen molar-refractivity contribution >= 4 is 21.9 Å². The minimum absolute atomic E-state index is 0.166. The zero-order valence-electron chi connectivity index (χ0n) is 12.3. The number of sulfonamides is 1. The van der Waals surface area contributed by atoms with Gasteiger partial charge in [-0.2, -0.15) is 4.31 Å². The van der Waals surface area contributed by atoms with Gasteiger partial charge in [0, 0.05) is 12.6 Å². The molecule has 7 nitrogen and oxygen atoms in total. The molecule has 1 rings (SSSR count). The second-order valence-electron chi connectivity index (χ2n) is 5.17. The van der Waals surface area contributed by atoms with E-state index in [1.54, 1.807) is 13.8 Å². The van der Waals surface area contributed by atoms with E-state index < -0.39 is 22.0 Å². The highest BCUT2D eigenvalue weighted by atomic mass is 32.2. The molecule has 0 bridgehead atoms. The Morgan fingerprint density at radius 2 is 2.00 bits per heavy atom. The fourth-order valence-electron chi connectivity index (χ4n) is 2.29. The predicted octanol–water partition coefficient (Wildman–Crippen LogP) is -0.180. The lowest BCUT2D eigenvalue weighted by molar-refractivity contribution is -0.149. The van der Waals surface area contributed by atoms with E-state index in [9.17, 15) is 18.0 Å². The van der Waals surface area contributed by atoms with Crippen molar-refractivity contribution < 1.29 is 22.7 Å².